The third-order valence-electron chi connectivity index (χ3n) is 16.7. The van der Waals surface area contributed by atoms with Gasteiger partial charge >= 0.3 is 0 Å². The smallest absolute Gasteiger partial charge is 0.248 e. The fourth-order valence-corrected chi connectivity index (χ4v) is 11.2. The lowest BCUT2D eigenvalue weighted by Crippen LogP contribution is -2.64. The average Bonchev–Trinajstić information content (AvgIpc) is 3.95. The number of amides is 11. The number of aliphatic hydroxyl groups excluding tert-OH is 1. The zero-order chi connectivity index (χ0) is 65.7. The van der Waals surface area contributed by atoms with Crippen LogP contribution >= 0.6 is 0 Å². The Morgan fingerprint density at radius 1 is 0.412 bits per heavy atom. The van der Waals surface area contributed by atoms with E-state index in [4.69, 9.17) is 4.74 Å². The summed E-state index contributed by atoms with van der Waals surface area (Å²) in [5.41, 5.74) is 0. The number of hydrogen-bond donors (Lipinski definition) is 5. The molecule has 2 saturated heterocycles. The summed E-state index contributed by atoms with van der Waals surface area (Å²) in [5.74, 6) is -9.59. The Balaban J connectivity index is 2.98. The SMILES string of the molecule is CC(C)C[C@@H]1C(=O)N(C)[C@H](CC(C)C)C(=O)N(C)[C@H](C(C)C)C(=O)N(C)[C@H]([C@@H]2OCC[C@H]2C)C(=O)N[C@H]([C@@H](C)O)C(=O)N(C)[C@H](C)C(=O)N(C)[C@@H](CC(C)C)C(=O)N[C@H](C(C)C)C(=O)N(C)[C@H](CC(C)C)C(=O)N[C@H](C)C(=O)N[C@@H](C)C(=O)N1C. The number of hydrogen-bond acceptors (Lipinski definition) is 13. The van der Waals surface area contributed by atoms with E-state index >= 15 is 9.59 Å². The number of carbonyl (C=O) groups excluding carboxylic acids is 11. The highest BCUT2D eigenvalue weighted by atomic mass is 16.5. The van der Waals surface area contributed by atoms with Gasteiger partial charge in [-0.2, -0.15) is 0 Å². The lowest BCUT2D eigenvalue weighted by Gasteiger charge is -2.41. The van der Waals surface area contributed by atoms with Gasteiger partial charge in [0.25, 0.3) is 0 Å². The van der Waals surface area contributed by atoms with Crippen LogP contribution < -0.4 is 21.3 Å². The highest BCUT2D eigenvalue weighted by molar-refractivity contribution is 6.00. The van der Waals surface area contributed by atoms with E-state index < -0.39 is 155 Å². The molecule has 14 atom stereocenters. The molecule has 2 aliphatic rings. The Hall–Kier alpha value is -5.91. The summed E-state index contributed by atoms with van der Waals surface area (Å²) in [7, 11) is 9.92. The summed E-state index contributed by atoms with van der Waals surface area (Å²) in [6.45, 7) is 29.5. The molecule has 24 heteroatoms. The summed E-state index contributed by atoms with van der Waals surface area (Å²) < 4.78 is 6.14. The van der Waals surface area contributed by atoms with Crippen molar-refractivity contribution in [2.45, 2.75) is 228 Å². The van der Waals surface area contributed by atoms with Crippen LogP contribution in [0.2, 0.25) is 0 Å². The van der Waals surface area contributed by atoms with E-state index in [0.717, 1.165) is 4.90 Å². The van der Waals surface area contributed by atoms with Gasteiger partial charge in [-0.15, -0.1) is 0 Å². The zero-order valence-corrected chi connectivity index (χ0v) is 55.8. The quantitative estimate of drug-likeness (QED) is 0.187. The Kier molecular flexibility index (Phi) is 28.9. The molecule has 5 N–H and O–H groups in total. The monoisotopic (exact) mass is 1200 g/mol. The van der Waals surface area contributed by atoms with Crippen LogP contribution in [0.15, 0.2) is 0 Å². The molecule has 24 nitrogen and oxygen atoms in total. The van der Waals surface area contributed by atoms with Gasteiger partial charge in [-0.3, -0.25) is 52.7 Å². The summed E-state index contributed by atoms with van der Waals surface area (Å²) in [4.78, 5) is 170. The van der Waals surface area contributed by atoms with Crippen molar-refractivity contribution in [1.29, 1.82) is 0 Å². The van der Waals surface area contributed by atoms with Gasteiger partial charge in [0, 0.05) is 55.9 Å². The topological polar surface area (TPSA) is 288 Å². The third-order valence-corrected chi connectivity index (χ3v) is 16.7. The van der Waals surface area contributed by atoms with Crippen molar-refractivity contribution < 1.29 is 62.6 Å². The first-order valence-electron chi connectivity index (χ1n) is 30.5. The van der Waals surface area contributed by atoms with Crippen LogP contribution in [0.1, 0.15) is 150 Å². The van der Waals surface area contributed by atoms with E-state index in [0.29, 0.717) is 6.42 Å². The van der Waals surface area contributed by atoms with Crippen LogP contribution in [0, 0.1) is 41.4 Å². The number of nitrogens with zero attached hydrogens (tertiary/aromatic N) is 7. The molecule has 2 rings (SSSR count). The highest BCUT2D eigenvalue weighted by Crippen LogP contribution is 2.29. The number of nitrogens with one attached hydrogen (secondary N) is 4. The van der Waals surface area contributed by atoms with E-state index in [1.165, 1.54) is 106 Å². The Morgan fingerprint density at radius 2 is 0.800 bits per heavy atom. The minimum Gasteiger partial charge on any atom is -0.391 e. The van der Waals surface area contributed by atoms with E-state index in [1.807, 2.05) is 62.3 Å². The van der Waals surface area contributed by atoms with Crippen molar-refractivity contribution in [1.82, 2.24) is 55.6 Å². The van der Waals surface area contributed by atoms with Gasteiger partial charge in [0.1, 0.15) is 66.5 Å². The van der Waals surface area contributed by atoms with Crippen molar-refractivity contribution in [3.05, 3.63) is 0 Å². The second-order valence-electron chi connectivity index (χ2n) is 26.6. The van der Waals surface area contributed by atoms with E-state index in [1.54, 1.807) is 27.7 Å². The molecule has 0 aromatic heterocycles. The van der Waals surface area contributed by atoms with Crippen LogP contribution in [-0.2, 0) is 57.5 Å². The Bertz CT molecular complexity index is 2350. The lowest BCUT2D eigenvalue weighted by molar-refractivity contribution is -0.157. The number of carbonyl (C=O) groups is 11. The number of aliphatic hydroxyl groups is 1. The van der Waals surface area contributed by atoms with Gasteiger partial charge in [-0.25, -0.2) is 0 Å². The first kappa shape index (κ1) is 75.2. The van der Waals surface area contributed by atoms with E-state index in [-0.39, 0.29) is 61.9 Å². The molecule has 2 aliphatic heterocycles. The molecule has 0 radical (unpaired) electrons. The normalized spacial score (nSPS) is 30.0. The molecule has 486 valence electrons. The first-order valence-corrected chi connectivity index (χ1v) is 30.5. The van der Waals surface area contributed by atoms with Crippen LogP contribution in [0.25, 0.3) is 0 Å². The molecule has 85 heavy (non-hydrogen) atoms. The van der Waals surface area contributed by atoms with Crippen molar-refractivity contribution in [2.24, 2.45) is 41.4 Å². The lowest BCUT2D eigenvalue weighted by atomic mass is 9.93. The van der Waals surface area contributed by atoms with Crippen LogP contribution in [0.5, 0.6) is 0 Å². The second kappa shape index (κ2) is 32.7. The van der Waals surface area contributed by atoms with Gasteiger partial charge in [0.2, 0.25) is 65.0 Å². The predicted molar refractivity (Wildman–Crippen MR) is 323 cm³/mol. The predicted octanol–water partition coefficient (Wildman–Crippen LogP) is 2.09. The van der Waals surface area contributed by atoms with Crippen LogP contribution in [0.3, 0.4) is 0 Å². The molecule has 0 unspecified atom stereocenters. The van der Waals surface area contributed by atoms with Crippen LogP contribution in [0.4, 0.5) is 0 Å². The standard InChI is InChI=1S/C61H109N11O13/c1-31(2)27-42-52(75)62-38(14)51(74)63-39(15)55(78)69(21)44(29-33(5)6)57(80)70(22)45(30-34(7)8)58(81)71(23)48(36(11)12)61(84)72(24)49(50-37(13)25-26-85-50)54(77)65-47(41(17)73)60(83)66(18)40(16)56(79)67(19)43(28-32(3)4)53(76)64-46(35(9)10)59(82)68(42)20/h31-50,73H,25-30H2,1-24H3,(H,62,75)(H,63,74)(H,64,76)(H,65,77)/t37-,38-,39+,40-,41-,42-,43+,44-,45-,46-,47-,48-,49-,50-/m1/s1. The number of likely N-dealkylation sites (N-methyl/N-ethyl adjacent to an activating group) is 7. The minimum absolute atomic E-state index is 0.127. The van der Waals surface area contributed by atoms with E-state index in [2.05, 4.69) is 21.3 Å². The molecular formula is C61H109N11O13. The van der Waals surface area contributed by atoms with Gasteiger partial charge in [-0.05, 0) is 101 Å². The zero-order valence-electron chi connectivity index (χ0n) is 55.8. The average molecular weight is 1200 g/mol. The molecule has 0 aliphatic carbocycles. The largest absolute Gasteiger partial charge is 0.391 e. The fraction of sp³-hybridized carbons (Fsp3) is 0.820. The molecule has 2 heterocycles. The van der Waals surface area contributed by atoms with Crippen LogP contribution in [-0.4, -0.2) is 239 Å². The molecule has 0 bridgehead atoms. The Morgan fingerprint density at radius 3 is 1.22 bits per heavy atom. The third kappa shape index (κ3) is 19.5. The summed E-state index contributed by atoms with van der Waals surface area (Å²) >= 11 is 0. The molecule has 2 fully saturated rings. The highest BCUT2D eigenvalue weighted by Gasteiger charge is 2.48. The molecule has 11 amide bonds. The summed E-state index contributed by atoms with van der Waals surface area (Å²) in [6.07, 6.45) is -1.33. The van der Waals surface area contributed by atoms with Gasteiger partial charge in [0.15, 0.2) is 0 Å². The van der Waals surface area contributed by atoms with Gasteiger partial charge in [0.05, 0.1) is 12.2 Å². The molecular weight excluding hydrogens is 1090 g/mol. The first-order chi connectivity index (χ1) is 39.1. The van der Waals surface area contributed by atoms with E-state index in [9.17, 15) is 48.3 Å². The molecule has 0 aromatic rings. The van der Waals surface area contributed by atoms with Gasteiger partial charge in [-0.1, -0.05) is 90.0 Å². The molecule has 0 saturated carbocycles. The Labute approximate surface area is 507 Å². The maximum atomic E-state index is 15.2. The summed E-state index contributed by atoms with van der Waals surface area (Å²) in [6, 6.07) is -13.9. The van der Waals surface area contributed by atoms with Crippen molar-refractivity contribution in [3.8, 4) is 0 Å². The molecule has 0 spiro atoms. The maximum Gasteiger partial charge on any atom is 0.248 e. The van der Waals surface area contributed by atoms with Crippen molar-refractivity contribution >= 4 is 65.0 Å². The number of rotatable bonds is 12. The second-order valence-corrected chi connectivity index (χ2v) is 26.6. The number of ether oxygens (including phenoxy) is 1. The molecule has 0 aromatic carbocycles. The maximum absolute atomic E-state index is 15.2. The van der Waals surface area contributed by atoms with Crippen molar-refractivity contribution in [2.75, 3.05) is 55.9 Å². The summed E-state index contributed by atoms with van der Waals surface area (Å²) in [5, 5.41) is 22.2. The van der Waals surface area contributed by atoms with Gasteiger partial charge < -0.3 is 65.4 Å². The minimum atomic E-state index is -1.67. The fourth-order valence-electron chi connectivity index (χ4n) is 11.2. The van der Waals surface area contributed by atoms with Crippen molar-refractivity contribution in [3.63, 3.8) is 0 Å².